The van der Waals surface area contributed by atoms with Crippen molar-refractivity contribution in [2.24, 2.45) is 0 Å². The first-order chi connectivity index (χ1) is 4.86. The molecule has 0 fully saturated rings. The molecular weight excluding hydrogens is 329 g/mol. The Hall–Kier alpha value is -0.0849. The normalized spacial score (nSPS) is 20.0. The molecule has 0 aliphatic carbocycles. The Balaban J connectivity index is 0.000000605. The number of rotatable bonds is 0. The summed E-state index contributed by atoms with van der Waals surface area (Å²) in [4.78, 5) is 0. The maximum absolute atomic E-state index is 5.59. The SMILES string of the molecule is O.[Hg][CH]1Cc2ccccc2O1. The van der Waals surface area contributed by atoms with E-state index in [2.05, 4.69) is 18.2 Å². The number of ether oxygens (including phenoxy) is 1. The molecule has 0 saturated heterocycles. The van der Waals surface area contributed by atoms with Crippen molar-refractivity contribution < 1.29 is 36.3 Å². The second-order valence-corrected chi connectivity index (χ2v) is 6.09. The van der Waals surface area contributed by atoms with Gasteiger partial charge >= 0.3 is 76.5 Å². The van der Waals surface area contributed by atoms with Gasteiger partial charge in [-0.25, -0.2) is 0 Å². The average molecular weight is 338 g/mol. The van der Waals surface area contributed by atoms with Crippen LogP contribution in [0.2, 0.25) is 0 Å². The van der Waals surface area contributed by atoms with Crippen LogP contribution >= 0.6 is 0 Å². The number of hydrogen-bond donors (Lipinski definition) is 0. The van der Waals surface area contributed by atoms with Gasteiger partial charge in [-0.15, -0.1) is 0 Å². The molecule has 2 nitrogen and oxygen atoms in total. The summed E-state index contributed by atoms with van der Waals surface area (Å²) in [5, 5.41) is 0. The zero-order chi connectivity index (χ0) is 6.97. The standard InChI is InChI=1S/C8H7O.Hg.H2O/c1-2-4-8-7(3-1)5-6-9-8;;/h1-4,6H,5H2;;1H2. The van der Waals surface area contributed by atoms with Gasteiger partial charge in [-0.3, -0.25) is 0 Å². The van der Waals surface area contributed by atoms with Gasteiger partial charge in [0.05, 0.1) is 0 Å². The molecule has 0 amide bonds. The van der Waals surface area contributed by atoms with Crippen LogP contribution in [0.5, 0.6) is 5.75 Å². The van der Waals surface area contributed by atoms with Crippen molar-refractivity contribution in [1.29, 1.82) is 0 Å². The number of fused-ring (bicyclic) bond motifs is 1. The Kier molecular flexibility index (Phi) is 2.90. The van der Waals surface area contributed by atoms with Crippen LogP contribution in [0.15, 0.2) is 24.3 Å². The Morgan fingerprint density at radius 2 is 2.09 bits per heavy atom. The van der Waals surface area contributed by atoms with Crippen molar-refractivity contribution in [1.82, 2.24) is 0 Å². The summed E-state index contributed by atoms with van der Waals surface area (Å²) in [6.45, 7) is 0. The summed E-state index contributed by atoms with van der Waals surface area (Å²) in [6, 6.07) is 8.32. The van der Waals surface area contributed by atoms with E-state index in [9.17, 15) is 0 Å². The average Bonchev–Trinajstić information content (AvgIpc) is 2.27. The van der Waals surface area contributed by atoms with Gasteiger partial charge in [0, 0.05) is 0 Å². The summed E-state index contributed by atoms with van der Waals surface area (Å²) in [5.41, 5.74) is 1.39. The first kappa shape index (κ1) is 9.01. The van der Waals surface area contributed by atoms with Gasteiger partial charge in [0.25, 0.3) is 0 Å². The third-order valence-electron chi connectivity index (χ3n) is 1.71. The van der Waals surface area contributed by atoms with E-state index in [1.165, 1.54) is 5.56 Å². The molecule has 1 aromatic carbocycles. The summed E-state index contributed by atoms with van der Waals surface area (Å²) < 4.78 is 6.16. The maximum atomic E-state index is 5.59. The van der Waals surface area contributed by atoms with Gasteiger partial charge in [-0.05, 0) is 0 Å². The molecule has 1 aromatic rings. The molecule has 1 unspecified atom stereocenters. The van der Waals surface area contributed by atoms with Gasteiger partial charge < -0.3 is 5.48 Å². The van der Waals surface area contributed by atoms with Crippen molar-refractivity contribution in [3.8, 4) is 5.75 Å². The molecule has 2 N–H and O–H groups in total. The van der Waals surface area contributed by atoms with Gasteiger partial charge in [0.15, 0.2) is 0 Å². The van der Waals surface area contributed by atoms with Crippen LogP contribution in [0.4, 0.5) is 0 Å². The molecule has 0 spiro atoms. The first-order valence-corrected chi connectivity index (χ1v) is 6.61. The molecule has 3 heteroatoms. The Morgan fingerprint density at radius 1 is 1.36 bits per heavy atom. The van der Waals surface area contributed by atoms with Gasteiger partial charge in [-0.1, -0.05) is 0 Å². The van der Waals surface area contributed by atoms with Crippen molar-refractivity contribution in [3.05, 3.63) is 29.8 Å². The minimum atomic E-state index is 0. The molecule has 55 valence electrons. The summed E-state index contributed by atoms with van der Waals surface area (Å²) in [6.07, 6.45) is 1.15. The molecular formula is C8H9HgO2. The van der Waals surface area contributed by atoms with Crippen LogP contribution in [0, 0.1) is 0 Å². The topological polar surface area (TPSA) is 40.7 Å². The second kappa shape index (κ2) is 3.54. The molecule has 0 bridgehead atoms. The monoisotopic (exact) mass is 339 g/mol. The summed E-state index contributed by atoms with van der Waals surface area (Å²) >= 11 is 0.750. The Labute approximate surface area is 81.8 Å². The molecule has 0 aromatic heterocycles. The van der Waals surface area contributed by atoms with Crippen LogP contribution < -0.4 is 4.74 Å². The van der Waals surface area contributed by atoms with E-state index in [0.717, 1.165) is 38.3 Å². The summed E-state index contributed by atoms with van der Waals surface area (Å²) in [7, 11) is 0. The van der Waals surface area contributed by atoms with Gasteiger partial charge in [0.2, 0.25) is 0 Å². The molecule has 0 saturated carbocycles. The molecule has 11 heavy (non-hydrogen) atoms. The first-order valence-electron chi connectivity index (χ1n) is 3.44. The zero-order valence-electron chi connectivity index (χ0n) is 6.21. The third-order valence-corrected chi connectivity index (χ3v) is 3.48. The quantitative estimate of drug-likeness (QED) is 0.642. The molecule has 2 rings (SSSR count). The predicted molar refractivity (Wildman–Crippen MR) is 38.2 cm³/mol. The van der Waals surface area contributed by atoms with E-state index in [4.69, 9.17) is 4.74 Å². The number of para-hydroxylation sites is 1. The van der Waals surface area contributed by atoms with E-state index in [-0.39, 0.29) is 5.48 Å². The fourth-order valence-corrected chi connectivity index (χ4v) is 3.16. The van der Waals surface area contributed by atoms with E-state index < -0.39 is 0 Å². The van der Waals surface area contributed by atoms with Crippen LogP contribution in [0.1, 0.15) is 5.56 Å². The molecule has 1 aliphatic heterocycles. The van der Waals surface area contributed by atoms with Gasteiger partial charge in [-0.2, -0.15) is 0 Å². The molecule has 1 atom stereocenters. The Morgan fingerprint density at radius 3 is 2.82 bits per heavy atom. The van der Waals surface area contributed by atoms with E-state index in [0.29, 0.717) is 3.61 Å². The summed E-state index contributed by atoms with van der Waals surface area (Å²) in [5.74, 6) is 1.11. The molecule has 0 radical (unpaired) electrons. The van der Waals surface area contributed by atoms with E-state index >= 15 is 0 Å². The van der Waals surface area contributed by atoms with Crippen LogP contribution in [-0.4, -0.2) is 9.09 Å². The molecule has 1 aliphatic rings. The minimum absolute atomic E-state index is 0. The predicted octanol–water partition coefficient (Wildman–Crippen LogP) is 0.670. The van der Waals surface area contributed by atoms with Crippen LogP contribution in [0.3, 0.4) is 0 Å². The van der Waals surface area contributed by atoms with E-state index in [1.54, 1.807) is 0 Å². The third kappa shape index (κ3) is 1.74. The Bertz CT molecular complexity index is 225. The zero-order valence-corrected chi connectivity index (χ0v) is 11.7. The fourth-order valence-electron chi connectivity index (χ4n) is 1.25. The fraction of sp³-hybridized carbons (Fsp3) is 0.250. The van der Waals surface area contributed by atoms with Crippen molar-refractivity contribution >= 4 is 0 Å². The van der Waals surface area contributed by atoms with Crippen molar-refractivity contribution in [2.75, 3.05) is 0 Å². The second-order valence-electron chi connectivity index (χ2n) is 2.55. The van der Waals surface area contributed by atoms with Crippen molar-refractivity contribution in [2.45, 2.75) is 10.0 Å². The molecule has 1 heterocycles. The van der Waals surface area contributed by atoms with Gasteiger partial charge in [0.1, 0.15) is 0 Å². The van der Waals surface area contributed by atoms with Crippen molar-refractivity contribution in [3.63, 3.8) is 0 Å². The van der Waals surface area contributed by atoms with Crippen LogP contribution in [0.25, 0.3) is 0 Å². The van der Waals surface area contributed by atoms with Crippen LogP contribution in [-0.2, 0) is 32.5 Å². The number of hydrogen-bond acceptors (Lipinski definition) is 1. The number of benzene rings is 1. The van der Waals surface area contributed by atoms with E-state index in [1.807, 2.05) is 6.07 Å².